The van der Waals surface area contributed by atoms with E-state index in [2.05, 4.69) is 16.7 Å². The number of aromatic nitrogens is 3. The van der Waals surface area contributed by atoms with Crippen LogP contribution in [0.25, 0.3) is 0 Å². The van der Waals surface area contributed by atoms with E-state index in [1.807, 2.05) is 27.7 Å². The summed E-state index contributed by atoms with van der Waals surface area (Å²) in [5.74, 6) is -0.360. The molecule has 148 valence electrons. The first kappa shape index (κ1) is 22.6. The average Bonchev–Trinajstić information content (AvgIpc) is 2.86. The Balaban J connectivity index is 3.06. The zero-order valence-corrected chi connectivity index (χ0v) is 17.7. The summed E-state index contributed by atoms with van der Waals surface area (Å²) < 4.78 is 19.1. The van der Waals surface area contributed by atoms with Crippen LogP contribution in [0.3, 0.4) is 0 Å². The topological polar surface area (TPSA) is 128 Å². The van der Waals surface area contributed by atoms with Crippen molar-refractivity contribution in [1.29, 1.82) is 0 Å². The molecular weight excluding hydrogens is 374 g/mol. The van der Waals surface area contributed by atoms with E-state index < -0.39 is 20.3 Å². The first-order valence-electron chi connectivity index (χ1n) is 8.54. The molecule has 1 heterocycles. The van der Waals surface area contributed by atoms with Crippen LogP contribution in [0.15, 0.2) is 16.6 Å². The van der Waals surface area contributed by atoms with Gasteiger partial charge in [0.05, 0.1) is 0 Å². The molecule has 11 heteroatoms. The first-order chi connectivity index (χ1) is 12.3. The number of hydrogen-bond donors (Lipinski definition) is 2. The van der Waals surface area contributed by atoms with Crippen molar-refractivity contribution >= 4 is 32.4 Å². The molecule has 0 aliphatic heterocycles. The molecule has 0 aliphatic rings. The number of hydrogen-bond acceptors (Lipinski definition) is 8. The van der Waals surface area contributed by atoms with E-state index in [1.165, 1.54) is 11.8 Å². The van der Waals surface area contributed by atoms with Gasteiger partial charge in [0.1, 0.15) is 5.54 Å². The van der Waals surface area contributed by atoms with Gasteiger partial charge in [-0.3, -0.25) is 4.79 Å². The number of allylic oxidation sites excluding steroid dienone is 1. The number of thioether (sulfide) groups is 1. The fourth-order valence-corrected chi connectivity index (χ4v) is 6.08. The van der Waals surface area contributed by atoms with Crippen molar-refractivity contribution in [2.45, 2.75) is 51.4 Å². The summed E-state index contributed by atoms with van der Waals surface area (Å²) in [5, 5.41) is 4.78. The van der Waals surface area contributed by atoms with Gasteiger partial charge in [0, 0.05) is 26.4 Å². The zero-order valence-electron chi connectivity index (χ0n) is 15.9. The Morgan fingerprint density at radius 1 is 1.27 bits per heavy atom. The van der Waals surface area contributed by atoms with E-state index >= 15 is 0 Å². The second kappa shape index (κ2) is 10.7. The van der Waals surface area contributed by atoms with Crippen LogP contribution < -0.4 is 11.5 Å². The lowest BCUT2D eigenvalue weighted by Gasteiger charge is -2.33. The van der Waals surface area contributed by atoms with Crippen molar-refractivity contribution in [2.75, 3.05) is 25.6 Å². The predicted molar refractivity (Wildman–Crippen MR) is 103 cm³/mol. The predicted octanol–water partition coefficient (Wildman–Crippen LogP) is 1.78. The molecule has 1 amide bonds. The lowest BCUT2D eigenvalue weighted by molar-refractivity contribution is -0.119. The van der Waals surface area contributed by atoms with E-state index in [1.54, 1.807) is 4.68 Å². The highest BCUT2D eigenvalue weighted by molar-refractivity contribution is 8.02. The van der Waals surface area contributed by atoms with Gasteiger partial charge in [-0.25, -0.2) is 4.68 Å². The number of amides is 1. The average molecular weight is 404 g/mol. The molecule has 0 saturated heterocycles. The molecule has 4 N–H and O–H groups in total. The number of carbonyl (C=O) groups is 1. The van der Waals surface area contributed by atoms with Crippen LogP contribution in [0.1, 0.15) is 34.1 Å². The smallest absolute Gasteiger partial charge is 0.373 e. The summed E-state index contributed by atoms with van der Waals surface area (Å²) in [6.07, 6.45) is 0.341. The van der Waals surface area contributed by atoms with Crippen molar-refractivity contribution < 1.29 is 18.1 Å². The molecular formula is C15H29N5O4SSi. The van der Waals surface area contributed by atoms with E-state index in [0.717, 1.165) is 4.91 Å². The summed E-state index contributed by atoms with van der Waals surface area (Å²) in [5.41, 5.74) is 10.7. The Morgan fingerprint density at radius 3 is 2.23 bits per heavy atom. The fraction of sp³-hybridized carbons (Fsp3) is 0.667. The second-order valence-electron chi connectivity index (χ2n) is 5.43. The van der Waals surface area contributed by atoms with Crippen LogP contribution in [-0.4, -0.2) is 49.3 Å². The highest BCUT2D eigenvalue weighted by Gasteiger charge is 2.52. The van der Waals surface area contributed by atoms with Gasteiger partial charge in [0.2, 0.25) is 11.9 Å². The quantitative estimate of drug-likeness (QED) is 0.377. The molecule has 0 fully saturated rings. The molecule has 9 nitrogen and oxygen atoms in total. The number of rotatable bonds is 13. The molecule has 0 radical (unpaired) electrons. The fourth-order valence-electron chi connectivity index (χ4n) is 2.50. The zero-order chi connectivity index (χ0) is 19.7. The Morgan fingerprint density at radius 2 is 1.81 bits per heavy atom. The van der Waals surface area contributed by atoms with Gasteiger partial charge in [-0.1, -0.05) is 18.3 Å². The molecule has 26 heavy (non-hydrogen) atoms. The molecule has 0 aromatic carbocycles. The number of nitrogens with two attached hydrogens (primary N) is 2. The van der Waals surface area contributed by atoms with Crippen molar-refractivity contribution in [3.05, 3.63) is 11.5 Å². The highest BCUT2D eigenvalue weighted by Crippen LogP contribution is 2.31. The van der Waals surface area contributed by atoms with Crippen molar-refractivity contribution in [3.63, 3.8) is 0 Å². The Kier molecular flexibility index (Phi) is 9.29. The maximum atomic E-state index is 12.2. The SMILES string of the molecule is C=C(C)Sc1nc(N)nn1CCC(C(N)=O)[Si](OCC)(OCC)OCC. The lowest BCUT2D eigenvalue weighted by atomic mass is 10.3. The third-order valence-electron chi connectivity index (χ3n) is 3.36. The molecule has 0 spiro atoms. The number of nitrogen functional groups attached to an aromatic ring is 1. The van der Waals surface area contributed by atoms with Crippen LogP contribution in [-0.2, 0) is 24.6 Å². The summed E-state index contributed by atoms with van der Waals surface area (Å²) in [7, 11) is -3.28. The molecule has 0 bridgehead atoms. The number of aryl methyl sites for hydroxylation is 1. The standard InChI is InChI=1S/C15H29N5O4SSi/c1-6-22-26(23-7-2,24-8-3)12(13(16)21)9-10-20-15(25-11(4)5)18-14(17)19-20/h12H,4,6-10H2,1-3,5H3,(H2,16,21)(H2,17,19). The Labute approximate surface area is 159 Å². The van der Waals surface area contributed by atoms with Gasteiger partial charge in [0.15, 0.2) is 5.16 Å². The number of anilines is 1. The third-order valence-corrected chi connectivity index (χ3v) is 7.69. The van der Waals surface area contributed by atoms with Crippen LogP contribution in [0.2, 0.25) is 5.54 Å². The van der Waals surface area contributed by atoms with Gasteiger partial charge >= 0.3 is 8.80 Å². The highest BCUT2D eigenvalue weighted by atomic mass is 32.2. The maximum absolute atomic E-state index is 12.2. The molecule has 1 aromatic heterocycles. The van der Waals surface area contributed by atoms with Crippen molar-refractivity contribution in [1.82, 2.24) is 14.8 Å². The minimum absolute atomic E-state index is 0.160. The molecule has 0 aliphatic carbocycles. The van der Waals surface area contributed by atoms with Crippen LogP contribution in [0, 0.1) is 0 Å². The van der Waals surface area contributed by atoms with Crippen molar-refractivity contribution in [3.8, 4) is 0 Å². The van der Waals surface area contributed by atoms with Crippen LogP contribution in [0.4, 0.5) is 5.95 Å². The van der Waals surface area contributed by atoms with Crippen LogP contribution >= 0.6 is 11.8 Å². The van der Waals surface area contributed by atoms with Gasteiger partial charge in [0.25, 0.3) is 0 Å². The van der Waals surface area contributed by atoms with E-state index in [9.17, 15) is 4.79 Å². The van der Waals surface area contributed by atoms with E-state index in [-0.39, 0.29) is 5.95 Å². The Hall–Kier alpha value is -1.40. The van der Waals surface area contributed by atoms with Gasteiger partial charge in [-0.05, 0) is 39.0 Å². The molecule has 1 aromatic rings. The third kappa shape index (κ3) is 6.09. The Bertz CT molecular complexity index is 596. The summed E-state index contributed by atoms with van der Waals surface area (Å²) in [6.45, 7) is 12.7. The molecule has 1 unspecified atom stereocenters. The van der Waals surface area contributed by atoms with Gasteiger partial charge in [-0.2, -0.15) is 4.98 Å². The van der Waals surface area contributed by atoms with Gasteiger partial charge in [-0.15, -0.1) is 5.10 Å². The number of nitrogens with zero attached hydrogens (tertiary/aromatic N) is 3. The van der Waals surface area contributed by atoms with E-state index in [4.69, 9.17) is 24.7 Å². The summed E-state index contributed by atoms with van der Waals surface area (Å²) >= 11 is 1.36. The largest absolute Gasteiger partial charge is 0.513 e. The first-order valence-corrected chi connectivity index (χ1v) is 11.2. The van der Waals surface area contributed by atoms with Crippen molar-refractivity contribution in [2.24, 2.45) is 5.73 Å². The monoisotopic (exact) mass is 403 g/mol. The summed E-state index contributed by atoms with van der Waals surface area (Å²) in [4.78, 5) is 17.2. The minimum atomic E-state index is -3.28. The minimum Gasteiger partial charge on any atom is -0.373 e. The van der Waals surface area contributed by atoms with Crippen LogP contribution in [0.5, 0.6) is 0 Å². The second-order valence-corrected chi connectivity index (χ2v) is 9.46. The lowest BCUT2D eigenvalue weighted by Crippen LogP contribution is -2.54. The van der Waals surface area contributed by atoms with Gasteiger partial charge < -0.3 is 24.7 Å². The number of carbonyl (C=O) groups excluding carboxylic acids is 1. The maximum Gasteiger partial charge on any atom is 0.513 e. The summed E-state index contributed by atoms with van der Waals surface area (Å²) in [6, 6.07) is 0. The normalized spacial score (nSPS) is 12.9. The number of primary amides is 1. The molecule has 1 rings (SSSR count). The molecule has 0 saturated carbocycles. The van der Waals surface area contributed by atoms with E-state index in [0.29, 0.717) is 37.9 Å². The molecule has 1 atom stereocenters.